The summed E-state index contributed by atoms with van der Waals surface area (Å²) < 4.78 is 5.34. The van der Waals surface area contributed by atoms with Gasteiger partial charge in [0, 0.05) is 36.5 Å². The van der Waals surface area contributed by atoms with Gasteiger partial charge in [-0.05, 0) is 36.5 Å². The summed E-state index contributed by atoms with van der Waals surface area (Å²) in [6, 6.07) is 7.88. The van der Waals surface area contributed by atoms with Crippen molar-refractivity contribution in [1.29, 1.82) is 0 Å². The van der Waals surface area contributed by atoms with Crippen LogP contribution in [0.1, 0.15) is 44.0 Å². The molecule has 0 bridgehead atoms. The molecule has 0 radical (unpaired) electrons. The zero-order valence-corrected chi connectivity index (χ0v) is 17.7. The van der Waals surface area contributed by atoms with Crippen molar-refractivity contribution >= 4 is 17.5 Å². The number of nitrogens with zero attached hydrogens (tertiary/aromatic N) is 2. The van der Waals surface area contributed by atoms with Gasteiger partial charge < -0.3 is 15.0 Å². The first-order valence-electron chi connectivity index (χ1n) is 10.1. The van der Waals surface area contributed by atoms with E-state index in [9.17, 15) is 9.59 Å². The Hall–Kier alpha value is -2.67. The summed E-state index contributed by atoms with van der Waals surface area (Å²) in [5, 5.41) is 2.90. The predicted molar refractivity (Wildman–Crippen MR) is 115 cm³/mol. The van der Waals surface area contributed by atoms with Gasteiger partial charge in [-0.3, -0.25) is 14.6 Å². The summed E-state index contributed by atoms with van der Waals surface area (Å²) in [7, 11) is 0. The first-order valence-corrected chi connectivity index (χ1v) is 10.1. The van der Waals surface area contributed by atoms with Crippen molar-refractivity contribution in [3.8, 4) is 0 Å². The van der Waals surface area contributed by atoms with Gasteiger partial charge in [0.15, 0.2) is 0 Å². The van der Waals surface area contributed by atoms with Crippen LogP contribution in [-0.2, 0) is 21.4 Å². The van der Waals surface area contributed by atoms with Crippen molar-refractivity contribution in [3.63, 3.8) is 0 Å². The highest BCUT2D eigenvalue weighted by Crippen LogP contribution is 2.23. The molecule has 0 aliphatic carbocycles. The van der Waals surface area contributed by atoms with E-state index in [1.165, 1.54) is 5.56 Å². The minimum Gasteiger partial charge on any atom is -0.378 e. The topological polar surface area (TPSA) is 87.3 Å². The van der Waals surface area contributed by atoms with Gasteiger partial charge in [0.2, 0.25) is 11.9 Å². The highest BCUT2D eigenvalue weighted by molar-refractivity contribution is 5.90. The van der Waals surface area contributed by atoms with Gasteiger partial charge in [-0.2, -0.15) is 0 Å². The van der Waals surface area contributed by atoms with Crippen molar-refractivity contribution in [2.75, 3.05) is 36.5 Å². The van der Waals surface area contributed by atoms with Gasteiger partial charge >= 0.3 is 0 Å². The fourth-order valence-electron chi connectivity index (χ4n) is 3.33. The fraction of sp³-hybridized carbons (Fsp3) is 0.500. The van der Waals surface area contributed by atoms with E-state index in [0.29, 0.717) is 49.9 Å². The molecule has 1 aromatic carbocycles. The van der Waals surface area contributed by atoms with Gasteiger partial charge in [0.05, 0.1) is 13.2 Å². The average Bonchev–Trinajstić information content (AvgIpc) is 2.67. The first-order chi connectivity index (χ1) is 13.7. The standard InChI is InChI=1S/C22H30N4O3/c1-15-18(20(28)25-21(23-15)26-11-13-29-14-12-26)9-10-19(27)24-17-7-5-16(6-8-17)22(2,3)4/h5-8H,9-14H2,1-4H3,(H,24,27)(H,23,25,28). The number of rotatable bonds is 5. The maximum absolute atomic E-state index is 12.5. The fourth-order valence-corrected chi connectivity index (χ4v) is 3.33. The molecule has 2 heterocycles. The van der Waals surface area contributed by atoms with Crippen LogP contribution < -0.4 is 15.8 Å². The van der Waals surface area contributed by atoms with E-state index in [2.05, 4.69) is 36.1 Å². The lowest BCUT2D eigenvalue weighted by Gasteiger charge is -2.27. The Balaban J connectivity index is 1.60. The summed E-state index contributed by atoms with van der Waals surface area (Å²) in [6.45, 7) is 10.9. The number of hydrogen-bond donors (Lipinski definition) is 2. The molecule has 1 aliphatic heterocycles. The molecule has 7 heteroatoms. The van der Waals surface area contributed by atoms with E-state index in [0.717, 1.165) is 5.69 Å². The normalized spacial score (nSPS) is 14.7. The van der Waals surface area contributed by atoms with Gasteiger partial charge in [0.1, 0.15) is 0 Å². The molecular weight excluding hydrogens is 368 g/mol. The molecule has 3 rings (SSSR count). The molecule has 0 saturated carbocycles. The van der Waals surface area contributed by atoms with Crippen LogP contribution in [0.5, 0.6) is 0 Å². The van der Waals surface area contributed by atoms with Crippen molar-refractivity contribution in [2.45, 2.75) is 46.0 Å². The van der Waals surface area contributed by atoms with Crippen LogP contribution in [0.25, 0.3) is 0 Å². The first kappa shape index (κ1) is 21.0. The Labute approximate surface area is 171 Å². The highest BCUT2D eigenvalue weighted by atomic mass is 16.5. The Kier molecular flexibility index (Phi) is 6.37. The molecular formula is C22H30N4O3. The minimum absolute atomic E-state index is 0.0709. The number of hydrogen-bond acceptors (Lipinski definition) is 5. The number of amides is 1. The third kappa shape index (κ3) is 5.44. The van der Waals surface area contributed by atoms with Gasteiger partial charge in [-0.15, -0.1) is 0 Å². The van der Waals surface area contributed by atoms with Crippen LogP contribution in [0.3, 0.4) is 0 Å². The number of H-pyrrole nitrogens is 1. The molecule has 156 valence electrons. The number of ether oxygens (including phenoxy) is 1. The van der Waals surface area contributed by atoms with E-state index < -0.39 is 0 Å². The summed E-state index contributed by atoms with van der Waals surface area (Å²) in [5.74, 6) is 0.451. The van der Waals surface area contributed by atoms with E-state index in [1.807, 2.05) is 36.1 Å². The minimum atomic E-state index is -0.179. The van der Waals surface area contributed by atoms with Gasteiger partial charge in [-0.1, -0.05) is 32.9 Å². The largest absolute Gasteiger partial charge is 0.378 e. The number of aromatic nitrogens is 2. The second-order valence-corrected chi connectivity index (χ2v) is 8.43. The second-order valence-electron chi connectivity index (χ2n) is 8.43. The Morgan fingerprint density at radius 2 is 1.86 bits per heavy atom. The van der Waals surface area contributed by atoms with Crippen LogP contribution in [0.4, 0.5) is 11.6 Å². The number of aryl methyl sites for hydroxylation is 1. The molecule has 1 aliphatic rings. The predicted octanol–water partition coefficient (Wildman–Crippen LogP) is 2.78. The zero-order valence-electron chi connectivity index (χ0n) is 17.7. The number of nitrogens with one attached hydrogen (secondary N) is 2. The number of carbonyl (C=O) groups excluding carboxylic acids is 1. The third-order valence-electron chi connectivity index (χ3n) is 5.16. The summed E-state index contributed by atoms with van der Waals surface area (Å²) >= 11 is 0. The van der Waals surface area contributed by atoms with Crippen LogP contribution in [0, 0.1) is 6.92 Å². The number of morpholine rings is 1. The monoisotopic (exact) mass is 398 g/mol. The van der Waals surface area contributed by atoms with Crippen LogP contribution in [-0.4, -0.2) is 42.2 Å². The maximum atomic E-state index is 12.5. The summed E-state index contributed by atoms with van der Waals surface area (Å²) in [5.41, 5.74) is 3.08. The van der Waals surface area contributed by atoms with Crippen molar-refractivity contribution in [2.24, 2.45) is 0 Å². The molecule has 1 saturated heterocycles. The molecule has 0 unspecified atom stereocenters. The molecule has 7 nitrogen and oxygen atoms in total. The van der Waals surface area contributed by atoms with E-state index in [1.54, 1.807) is 0 Å². The quantitative estimate of drug-likeness (QED) is 0.809. The summed E-state index contributed by atoms with van der Waals surface area (Å²) in [4.78, 5) is 34.3. The second kappa shape index (κ2) is 8.78. The average molecular weight is 399 g/mol. The van der Waals surface area contributed by atoms with Crippen LogP contribution >= 0.6 is 0 Å². The van der Waals surface area contributed by atoms with Gasteiger partial charge in [0.25, 0.3) is 5.56 Å². The molecule has 1 aromatic heterocycles. The smallest absolute Gasteiger partial charge is 0.255 e. The molecule has 1 amide bonds. The van der Waals surface area contributed by atoms with E-state index in [4.69, 9.17) is 4.74 Å². The Morgan fingerprint density at radius 1 is 1.21 bits per heavy atom. The number of carbonyl (C=O) groups is 1. The van der Waals surface area contributed by atoms with Crippen molar-refractivity contribution in [3.05, 3.63) is 51.4 Å². The van der Waals surface area contributed by atoms with Gasteiger partial charge in [-0.25, -0.2) is 4.98 Å². The van der Waals surface area contributed by atoms with Crippen molar-refractivity contribution < 1.29 is 9.53 Å². The molecule has 2 aromatic rings. The van der Waals surface area contributed by atoms with E-state index in [-0.39, 0.29) is 23.3 Å². The third-order valence-corrected chi connectivity index (χ3v) is 5.16. The maximum Gasteiger partial charge on any atom is 0.255 e. The van der Waals surface area contributed by atoms with Crippen LogP contribution in [0.2, 0.25) is 0 Å². The van der Waals surface area contributed by atoms with Crippen LogP contribution in [0.15, 0.2) is 29.1 Å². The number of aromatic amines is 1. The lowest BCUT2D eigenvalue weighted by atomic mass is 9.87. The number of anilines is 2. The molecule has 0 atom stereocenters. The Bertz CT molecular complexity index is 907. The lowest BCUT2D eigenvalue weighted by Crippen LogP contribution is -2.38. The molecule has 2 N–H and O–H groups in total. The molecule has 29 heavy (non-hydrogen) atoms. The SMILES string of the molecule is Cc1nc(N2CCOCC2)[nH]c(=O)c1CCC(=O)Nc1ccc(C(C)(C)C)cc1. The molecule has 1 fully saturated rings. The molecule has 0 spiro atoms. The van der Waals surface area contributed by atoms with Crippen molar-refractivity contribution in [1.82, 2.24) is 9.97 Å². The Morgan fingerprint density at radius 3 is 2.45 bits per heavy atom. The highest BCUT2D eigenvalue weighted by Gasteiger charge is 2.17. The summed E-state index contributed by atoms with van der Waals surface area (Å²) in [6.07, 6.45) is 0.576. The lowest BCUT2D eigenvalue weighted by molar-refractivity contribution is -0.116. The zero-order chi connectivity index (χ0) is 21.0. The number of benzene rings is 1. The van der Waals surface area contributed by atoms with E-state index >= 15 is 0 Å².